The molecule has 0 saturated heterocycles. The molecule has 0 bridgehead atoms. The first kappa shape index (κ1) is 17.2. The molecule has 6 nitrogen and oxygen atoms in total. The summed E-state index contributed by atoms with van der Waals surface area (Å²) in [6.45, 7) is 1.89. The number of nitrogens with zero attached hydrogens (tertiary/aromatic N) is 2. The van der Waals surface area contributed by atoms with Crippen molar-refractivity contribution in [2.45, 2.75) is 51.7 Å². The van der Waals surface area contributed by atoms with Gasteiger partial charge in [0.15, 0.2) is 0 Å². The van der Waals surface area contributed by atoms with E-state index in [4.69, 9.17) is 4.74 Å². The van der Waals surface area contributed by atoms with Crippen molar-refractivity contribution in [3.63, 3.8) is 0 Å². The van der Waals surface area contributed by atoms with E-state index in [9.17, 15) is 9.59 Å². The standard InChI is InChI=1S/C17H25N3O3/c1-13(21)20(2)12-16(22)19-11-14-8-9-18-17(10-14)23-15-6-4-3-5-7-15/h8-10,15H,3-7,11-12H2,1-2H3,(H,19,22). The number of hydrogen-bond donors (Lipinski definition) is 1. The predicted molar refractivity (Wildman–Crippen MR) is 86.9 cm³/mol. The average molecular weight is 319 g/mol. The van der Waals surface area contributed by atoms with Gasteiger partial charge in [-0.1, -0.05) is 6.42 Å². The normalized spacial score (nSPS) is 15.0. The summed E-state index contributed by atoms with van der Waals surface area (Å²) in [6.07, 6.45) is 7.83. The Morgan fingerprint density at radius 1 is 1.35 bits per heavy atom. The largest absolute Gasteiger partial charge is 0.474 e. The van der Waals surface area contributed by atoms with E-state index >= 15 is 0 Å². The maximum Gasteiger partial charge on any atom is 0.239 e. The summed E-state index contributed by atoms with van der Waals surface area (Å²) in [5.74, 6) is 0.297. The highest BCUT2D eigenvalue weighted by Gasteiger charge is 2.15. The SMILES string of the molecule is CC(=O)N(C)CC(=O)NCc1ccnc(OC2CCCCC2)c1. The Labute approximate surface area is 137 Å². The van der Waals surface area contributed by atoms with Gasteiger partial charge < -0.3 is 15.0 Å². The monoisotopic (exact) mass is 319 g/mol. The molecule has 0 aliphatic heterocycles. The third-order valence-electron chi connectivity index (χ3n) is 4.05. The van der Waals surface area contributed by atoms with Gasteiger partial charge in [0.05, 0.1) is 6.54 Å². The highest BCUT2D eigenvalue weighted by atomic mass is 16.5. The van der Waals surface area contributed by atoms with Crippen LogP contribution >= 0.6 is 0 Å². The molecule has 0 atom stereocenters. The van der Waals surface area contributed by atoms with E-state index in [1.165, 1.54) is 31.1 Å². The number of ether oxygens (including phenoxy) is 1. The van der Waals surface area contributed by atoms with Crippen LogP contribution in [0.5, 0.6) is 5.88 Å². The number of likely N-dealkylation sites (N-methyl/N-ethyl adjacent to an activating group) is 1. The van der Waals surface area contributed by atoms with Crippen molar-refractivity contribution in [1.29, 1.82) is 0 Å². The Morgan fingerprint density at radius 2 is 2.09 bits per heavy atom. The van der Waals surface area contributed by atoms with Gasteiger partial charge in [-0.15, -0.1) is 0 Å². The minimum absolute atomic E-state index is 0.0614. The summed E-state index contributed by atoms with van der Waals surface area (Å²) >= 11 is 0. The van der Waals surface area contributed by atoms with Gasteiger partial charge in [0, 0.05) is 32.8 Å². The molecule has 0 spiro atoms. The van der Waals surface area contributed by atoms with Crippen LogP contribution in [0.25, 0.3) is 0 Å². The smallest absolute Gasteiger partial charge is 0.239 e. The Bertz CT molecular complexity index is 542. The van der Waals surface area contributed by atoms with Crippen molar-refractivity contribution in [2.24, 2.45) is 0 Å². The van der Waals surface area contributed by atoms with Crippen molar-refractivity contribution in [3.05, 3.63) is 23.9 Å². The van der Waals surface area contributed by atoms with E-state index in [1.54, 1.807) is 13.2 Å². The molecule has 1 heterocycles. The van der Waals surface area contributed by atoms with Gasteiger partial charge in [-0.25, -0.2) is 4.98 Å². The first-order valence-electron chi connectivity index (χ1n) is 8.14. The van der Waals surface area contributed by atoms with E-state index in [1.807, 2.05) is 12.1 Å². The lowest BCUT2D eigenvalue weighted by molar-refractivity contribution is -0.133. The van der Waals surface area contributed by atoms with Gasteiger partial charge >= 0.3 is 0 Å². The number of aromatic nitrogens is 1. The fourth-order valence-corrected chi connectivity index (χ4v) is 2.56. The van der Waals surface area contributed by atoms with Crippen LogP contribution in [0.4, 0.5) is 0 Å². The summed E-state index contributed by atoms with van der Waals surface area (Å²) in [7, 11) is 1.60. The quantitative estimate of drug-likeness (QED) is 0.869. The van der Waals surface area contributed by atoms with Crippen molar-refractivity contribution in [2.75, 3.05) is 13.6 Å². The third-order valence-corrected chi connectivity index (χ3v) is 4.05. The fourth-order valence-electron chi connectivity index (χ4n) is 2.56. The Kier molecular flexibility index (Phi) is 6.38. The molecule has 2 amide bonds. The second-order valence-electron chi connectivity index (χ2n) is 6.03. The lowest BCUT2D eigenvalue weighted by atomic mass is 9.98. The molecular weight excluding hydrogens is 294 g/mol. The first-order chi connectivity index (χ1) is 11.0. The van der Waals surface area contributed by atoms with Gasteiger partial charge in [0.2, 0.25) is 17.7 Å². The summed E-state index contributed by atoms with van der Waals surface area (Å²) in [5, 5.41) is 2.80. The minimum atomic E-state index is -0.186. The molecule has 1 aliphatic rings. The maximum atomic E-state index is 11.8. The lowest BCUT2D eigenvalue weighted by Crippen LogP contribution is -2.37. The number of carbonyl (C=O) groups excluding carboxylic acids is 2. The van der Waals surface area contributed by atoms with E-state index in [-0.39, 0.29) is 24.5 Å². The number of carbonyl (C=O) groups is 2. The Hall–Kier alpha value is -2.11. The fraction of sp³-hybridized carbons (Fsp3) is 0.588. The molecule has 1 N–H and O–H groups in total. The number of rotatable bonds is 6. The molecule has 0 aromatic carbocycles. The predicted octanol–water partition coefficient (Wildman–Crippen LogP) is 1.89. The Balaban J connectivity index is 1.82. The van der Waals surface area contributed by atoms with E-state index in [0.717, 1.165) is 18.4 Å². The van der Waals surface area contributed by atoms with Crippen LogP contribution in [0.1, 0.15) is 44.6 Å². The molecule has 6 heteroatoms. The van der Waals surface area contributed by atoms with Gasteiger partial charge in [-0.2, -0.15) is 0 Å². The molecule has 2 rings (SSSR count). The molecule has 1 aliphatic carbocycles. The molecule has 1 saturated carbocycles. The third kappa shape index (κ3) is 5.88. The van der Waals surface area contributed by atoms with Crippen molar-refractivity contribution in [1.82, 2.24) is 15.2 Å². The topological polar surface area (TPSA) is 71.5 Å². The number of nitrogens with one attached hydrogen (secondary N) is 1. The first-order valence-corrected chi connectivity index (χ1v) is 8.14. The summed E-state index contributed by atoms with van der Waals surface area (Å²) in [4.78, 5) is 28.5. The number of hydrogen-bond acceptors (Lipinski definition) is 4. The van der Waals surface area contributed by atoms with Crippen LogP contribution in [0.15, 0.2) is 18.3 Å². The molecule has 1 aromatic rings. The van der Waals surface area contributed by atoms with E-state index in [2.05, 4.69) is 10.3 Å². The highest BCUT2D eigenvalue weighted by Crippen LogP contribution is 2.22. The van der Waals surface area contributed by atoms with Crippen LogP contribution in [-0.2, 0) is 16.1 Å². The van der Waals surface area contributed by atoms with Crippen molar-refractivity contribution >= 4 is 11.8 Å². The molecule has 126 valence electrons. The van der Waals surface area contributed by atoms with Crippen LogP contribution in [0.3, 0.4) is 0 Å². The van der Waals surface area contributed by atoms with E-state index < -0.39 is 0 Å². The average Bonchev–Trinajstić information content (AvgIpc) is 2.54. The number of pyridine rings is 1. The molecule has 23 heavy (non-hydrogen) atoms. The minimum Gasteiger partial charge on any atom is -0.474 e. The van der Waals surface area contributed by atoms with Crippen molar-refractivity contribution < 1.29 is 14.3 Å². The van der Waals surface area contributed by atoms with Gasteiger partial charge in [0.1, 0.15) is 6.10 Å². The van der Waals surface area contributed by atoms with Gasteiger partial charge in [-0.3, -0.25) is 9.59 Å². The van der Waals surface area contributed by atoms with Gasteiger partial charge in [0.25, 0.3) is 0 Å². The molecule has 0 unspecified atom stereocenters. The second-order valence-corrected chi connectivity index (χ2v) is 6.03. The molecule has 1 fully saturated rings. The summed E-state index contributed by atoms with van der Waals surface area (Å²) in [5.41, 5.74) is 0.935. The van der Waals surface area contributed by atoms with E-state index in [0.29, 0.717) is 12.4 Å². The summed E-state index contributed by atoms with van der Waals surface area (Å²) < 4.78 is 5.92. The zero-order valence-corrected chi connectivity index (χ0v) is 13.9. The van der Waals surface area contributed by atoms with Crippen molar-refractivity contribution in [3.8, 4) is 5.88 Å². The van der Waals surface area contributed by atoms with Crippen LogP contribution < -0.4 is 10.1 Å². The zero-order chi connectivity index (χ0) is 16.7. The molecule has 0 radical (unpaired) electrons. The van der Waals surface area contributed by atoms with Gasteiger partial charge in [-0.05, 0) is 37.3 Å². The lowest BCUT2D eigenvalue weighted by Gasteiger charge is -2.22. The zero-order valence-electron chi connectivity index (χ0n) is 13.9. The second kappa shape index (κ2) is 8.50. The van der Waals surface area contributed by atoms with Crippen LogP contribution in [-0.4, -0.2) is 41.4 Å². The Morgan fingerprint density at radius 3 is 2.78 bits per heavy atom. The number of amides is 2. The molecule has 1 aromatic heterocycles. The highest BCUT2D eigenvalue weighted by molar-refractivity contribution is 5.83. The summed E-state index contributed by atoms with van der Waals surface area (Å²) in [6, 6.07) is 3.71. The molecular formula is C17H25N3O3. The maximum absolute atomic E-state index is 11.8. The van der Waals surface area contributed by atoms with Crippen LogP contribution in [0, 0.1) is 0 Å². The van der Waals surface area contributed by atoms with Crippen LogP contribution in [0.2, 0.25) is 0 Å².